The van der Waals surface area contributed by atoms with Crippen LogP contribution in [0.3, 0.4) is 0 Å². The van der Waals surface area contributed by atoms with E-state index in [9.17, 15) is 18.0 Å². The molecular weight excluding hydrogens is 710 g/mol. The second kappa shape index (κ2) is 15.4. The van der Waals surface area contributed by atoms with Crippen LogP contribution in [0.15, 0.2) is 117 Å². The molecule has 0 aliphatic rings. The molecule has 4 aromatic rings. The zero-order valence-electron chi connectivity index (χ0n) is 24.3. The van der Waals surface area contributed by atoms with Crippen molar-refractivity contribution in [3.63, 3.8) is 0 Å². The molecule has 8 nitrogen and oxygen atoms in total. The molecule has 0 saturated carbocycles. The van der Waals surface area contributed by atoms with Gasteiger partial charge in [-0.25, -0.2) is 8.42 Å². The van der Waals surface area contributed by atoms with E-state index >= 15 is 0 Å². The van der Waals surface area contributed by atoms with Crippen LogP contribution in [0.2, 0.25) is 0 Å². The standard InChI is InChI=1S/C33H33Br2N3O5S/c1-3-43-29-17-15-28(16-18-29)38(44(41,42)30-19-13-27(35)14-20-30)23-32(39)37(22-25-9-11-26(34)12-10-25)31(33(40)36-2)21-24-7-5-4-6-8-24/h4-20,31H,3,21-23H2,1-2H3,(H,36,40)/t31-/m0/s1. The molecule has 0 spiro atoms. The molecule has 0 saturated heterocycles. The Hall–Kier alpha value is -3.67. The molecule has 0 bridgehead atoms. The van der Waals surface area contributed by atoms with Crippen LogP contribution in [0.1, 0.15) is 18.1 Å². The number of nitrogens with zero attached hydrogens (tertiary/aromatic N) is 2. The van der Waals surface area contributed by atoms with Crippen LogP contribution in [0.25, 0.3) is 0 Å². The van der Waals surface area contributed by atoms with Crippen molar-refractivity contribution in [1.29, 1.82) is 0 Å². The number of carbonyl (C=O) groups is 2. The molecule has 0 radical (unpaired) electrons. The molecule has 0 unspecified atom stereocenters. The molecule has 0 heterocycles. The molecule has 1 atom stereocenters. The molecule has 0 fully saturated rings. The lowest BCUT2D eigenvalue weighted by atomic mass is 10.0. The van der Waals surface area contributed by atoms with Crippen molar-refractivity contribution >= 4 is 59.4 Å². The lowest BCUT2D eigenvalue weighted by Crippen LogP contribution is -2.53. The van der Waals surface area contributed by atoms with E-state index in [2.05, 4.69) is 37.2 Å². The molecule has 0 aliphatic heterocycles. The number of anilines is 1. The summed E-state index contributed by atoms with van der Waals surface area (Å²) in [5, 5.41) is 2.69. The van der Waals surface area contributed by atoms with Gasteiger partial charge in [-0.1, -0.05) is 74.3 Å². The molecule has 44 heavy (non-hydrogen) atoms. The van der Waals surface area contributed by atoms with E-state index in [1.54, 1.807) is 36.4 Å². The van der Waals surface area contributed by atoms with Crippen LogP contribution in [0, 0.1) is 0 Å². The number of hydrogen-bond donors (Lipinski definition) is 1. The highest BCUT2D eigenvalue weighted by molar-refractivity contribution is 9.10. The van der Waals surface area contributed by atoms with Gasteiger partial charge in [0.25, 0.3) is 10.0 Å². The van der Waals surface area contributed by atoms with Crippen molar-refractivity contribution in [1.82, 2.24) is 10.2 Å². The third-order valence-electron chi connectivity index (χ3n) is 6.90. The predicted molar refractivity (Wildman–Crippen MR) is 179 cm³/mol. The second-order valence-corrected chi connectivity index (χ2v) is 13.6. The largest absolute Gasteiger partial charge is 0.494 e. The minimum Gasteiger partial charge on any atom is -0.494 e. The lowest BCUT2D eigenvalue weighted by molar-refractivity contribution is -0.139. The lowest BCUT2D eigenvalue weighted by Gasteiger charge is -2.33. The monoisotopic (exact) mass is 741 g/mol. The van der Waals surface area contributed by atoms with E-state index in [-0.39, 0.29) is 29.5 Å². The molecule has 2 amide bonds. The number of nitrogens with one attached hydrogen (secondary N) is 1. The maximum atomic E-state index is 14.4. The van der Waals surface area contributed by atoms with Crippen LogP contribution < -0.4 is 14.4 Å². The van der Waals surface area contributed by atoms with Gasteiger partial charge in [0.2, 0.25) is 11.8 Å². The fourth-order valence-corrected chi connectivity index (χ4v) is 6.59. The molecule has 230 valence electrons. The van der Waals surface area contributed by atoms with Crippen LogP contribution in [-0.4, -0.2) is 51.4 Å². The van der Waals surface area contributed by atoms with Crippen molar-refractivity contribution in [2.24, 2.45) is 0 Å². The van der Waals surface area contributed by atoms with Gasteiger partial charge in [-0.05, 0) is 78.7 Å². The Morgan fingerprint density at radius 1 is 0.818 bits per heavy atom. The Kier molecular flexibility index (Phi) is 11.6. The van der Waals surface area contributed by atoms with Crippen LogP contribution in [0.5, 0.6) is 5.75 Å². The summed E-state index contributed by atoms with van der Waals surface area (Å²) < 4.78 is 36.4. The Morgan fingerprint density at radius 2 is 1.41 bits per heavy atom. The van der Waals surface area contributed by atoms with Gasteiger partial charge in [-0.3, -0.25) is 13.9 Å². The van der Waals surface area contributed by atoms with Crippen LogP contribution in [-0.2, 0) is 32.6 Å². The number of likely N-dealkylation sites (N-methyl/N-ethyl adjacent to an activating group) is 1. The summed E-state index contributed by atoms with van der Waals surface area (Å²) >= 11 is 6.79. The highest BCUT2D eigenvalue weighted by atomic mass is 79.9. The first-order valence-electron chi connectivity index (χ1n) is 13.9. The number of ether oxygens (including phenoxy) is 1. The van der Waals surface area contributed by atoms with Gasteiger partial charge in [-0.15, -0.1) is 0 Å². The first-order chi connectivity index (χ1) is 21.1. The summed E-state index contributed by atoms with van der Waals surface area (Å²) in [6.45, 7) is 1.86. The van der Waals surface area contributed by atoms with Gasteiger partial charge >= 0.3 is 0 Å². The number of benzene rings is 4. The van der Waals surface area contributed by atoms with Crippen molar-refractivity contribution in [3.8, 4) is 5.75 Å². The van der Waals surface area contributed by atoms with Gasteiger partial charge in [0, 0.05) is 29.0 Å². The average Bonchev–Trinajstić information content (AvgIpc) is 3.03. The molecule has 0 aliphatic carbocycles. The van der Waals surface area contributed by atoms with Crippen LogP contribution >= 0.6 is 31.9 Å². The zero-order chi connectivity index (χ0) is 31.7. The van der Waals surface area contributed by atoms with E-state index in [1.165, 1.54) is 24.1 Å². The fraction of sp³-hybridized carbons (Fsp3) is 0.212. The normalized spacial score (nSPS) is 11.8. The highest BCUT2D eigenvalue weighted by Gasteiger charge is 2.34. The third-order valence-corrected chi connectivity index (χ3v) is 9.75. The zero-order valence-corrected chi connectivity index (χ0v) is 28.3. The molecular formula is C33H33Br2N3O5S. The SMILES string of the molecule is CCOc1ccc(N(CC(=O)N(Cc2ccc(Br)cc2)[C@@H](Cc2ccccc2)C(=O)NC)S(=O)(=O)c2ccc(Br)cc2)cc1. The smallest absolute Gasteiger partial charge is 0.264 e. The Morgan fingerprint density at radius 3 is 1.98 bits per heavy atom. The number of carbonyl (C=O) groups excluding carboxylic acids is 2. The summed E-state index contributed by atoms with van der Waals surface area (Å²) in [6.07, 6.45) is 0.241. The Labute approximate surface area is 275 Å². The number of hydrogen-bond acceptors (Lipinski definition) is 5. The maximum Gasteiger partial charge on any atom is 0.264 e. The summed E-state index contributed by atoms with van der Waals surface area (Å²) in [5.74, 6) is -0.322. The predicted octanol–water partition coefficient (Wildman–Crippen LogP) is 6.19. The van der Waals surface area contributed by atoms with Crippen molar-refractivity contribution < 1.29 is 22.7 Å². The van der Waals surface area contributed by atoms with E-state index in [4.69, 9.17) is 4.74 Å². The van der Waals surface area contributed by atoms with Gasteiger partial charge in [0.05, 0.1) is 17.2 Å². The van der Waals surface area contributed by atoms with Crippen molar-refractivity contribution in [2.45, 2.75) is 30.8 Å². The molecule has 4 rings (SSSR count). The molecule has 0 aromatic heterocycles. The van der Waals surface area contributed by atoms with Gasteiger partial charge in [0.15, 0.2) is 0 Å². The molecule has 1 N–H and O–H groups in total. The number of rotatable bonds is 13. The topological polar surface area (TPSA) is 96.0 Å². The van der Waals surface area contributed by atoms with Crippen LogP contribution in [0.4, 0.5) is 5.69 Å². The van der Waals surface area contributed by atoms with E-state index < -0.39 is 28.5 Å². The minimum atomic E-state index is -4.20. The van der Waals surface area contributed by atoms with Crippen molar-refractivity contribution in [2.75, 3.05) is 24.5 Å². The van der Waals surface area contributed by atoms with Gasteiger partial charge in [-0.2, -0.15) is 0 Å². The minimum absolute atomic E-state index is 0.0222. The van der Waals surface area contributed by atoms with Gasteiger partial charge < -0.3 is 15.0 Å². The Balaban J connectivity index is 1.78. The Bertz CT molecular complexity index is 1650. The number of halogens is 2. The van der Waals surface area contributed by atoms with E-state index in [0.717, 1.165) is 24.4 Å². The average molecular weight is 744 g/mol. The summed E-state index contributed by atoms with van der Waals surface area (Å²) in [4.78, 5) is 29.2. The van der Waals surface area contributed by atoms with E-state index in [0.29, 0.717) is 12.4 Å². The highest BCUT2D eigenvalue weighted by Crippen LogP contribution is 2.28. The molecule has 11 heteroatoms. The van der Waals surface area contributed by atoms with Gasteiger partial charge in [0.1, 0.15) is 18.3 Å². The fourth-order valence-electron chi connectivity index (χ4n) is 4.64. The van der Waals surface area contributed by atoms with E-state index in [1.807, 2.05) is 61.5 Å². The first-order valence-corrected chi connectivity index (χ1v) is 17.0. The first kappa shape index (κ1) is 33.2. The quantitative estimate of drug-likeness (QED) is 0.176. The second-order valence-electron chi connectivity index (χ2n) is 9.86. The summed E-state index contributed by atoms with van der Waals surface area (Å²) in [7, 11) is -2.68. The summed E-state index contributed by atoms with van der Waals surface area (Å²) in [5.41, 5.74) is 1.93. The number of amides is 2. The van der Waals surface area contributed by atoms with Crippen molar-refractivity contribution in [3.05, 3.63) is 123 Å². The molecule has 4 aromatic carbocycles. The maximum absolute atomic E-state index is 14.4. The summed E-state index contributed by atoms with van der Waals surface area (Å²) in [6, 6.07) is 28.7. The number of sulfonamides is 1. The third kappa shape index (κ3) is 8.49.